The highest BCUT2D eigenvalue weighted by Gasteiger charge is 2.28. The molecule has 1 saturated heterocycles. The molecule has 2 aliphatic rings. The number of hydrogen-bond acceptors (Lipinski definition) is 1. The van der Waals surface area contributed by atoms with Crippen LogP contribution in [0.2, 0.25) is 0 Å². The first-order valence-electron chi connectivity index (χ1n) is 5.10. The van der Waals surface area contributed by atoms with Crippen molar-refractivity contribution in [2.24, 2.45) is 11.8 Å². The van der Waals surface area contributed by atoms with Crippen LogP contribution < -0.4 is 0 Å². The van der Waals surface area contributed by atoms with Gasteiger partial charge < -0.3 is 4.90 Å². The minimum Gasteiger partial charge on any atom is -0.306 e. The molecule has 0 saturated carbocycles. The molecule has 0 spiro atoms. The fraction of sp³-hybridized carbons (Fsp3) is 0.818. The molecule has 0 N–H and O–H groups in total. The van der Waals surface area contributed by atoms with Gasteiger partial charge in [-0.2, -0.15) is 0 Å². The molecule has 1 fully saturated rings. The van der Waals surface area contributed by atoms with Crippen LogP contribution in [0.3, 0.4) is 0 Å². The number of allylic oxidation sites excluding steroid dienone is 2. The highest BCUT2D eigenvalue weighted by Crippen LogP contribution is 2.34. The van der Waals surface area contributed by atoms with E-state index in [-0.39, 0.29) is 0 Å². The van der Waals surface area contributed by atoms with E-state index in [0.717, 1.165) is 11.8 Å². The van der Waals surface area contributed by atoms with Gasteiger partial charge in [-0.1, -0.05) is 11.6 Å². The Labute approximate surface area is 75.4 Å². The number of fused-ring (bicyclic) bond motifs is 1. The maximum Gasteiger partial charge on any atom is 0.00123 e. The molecule has 1 aliphatic carbocycles. The van der Waals surface area contributed by atoms with E-state index >= 15 is 0 Å². The van der Waals surface area contributed by atoms with Crippen LogP contribution in [-0.4, -0.2) is 25.0 Å². The molecule has 1 heteroatoms. The quantitative estimate of drug-likeness (QED) is 0.498. The van der Waals surface area contributed by atoms with E-state index in [0.29, 0.717) is 0 Å². The Morgan fingerprint density at radius 2 is 2.25 bits per heavy atom. The van der Waals surface area contributed by atoms with E-state index < -0.39 is 0 Å². The monoisotopic (exact) mass is 165 g/mol. The lowest BCUT2D eigenvalue weighted by atomic mass is 9.76. The standard InChI is InChI=1S/C11H19N/c1-9-3-4-11-8-12(2)6-5-10(11)7-9/h3,10-11H,4-8H2,1-2H3. The van der Waals surface area contributed by atoms with Crippen molar-refractivity contribution in [3.05, 3.63) is 11.6 Å². The summed E-state index contributed by atoms with van der Waals surface area (Å²) in [6.07, 6.45) is 6.58. The SMILES string of the molecule is CC1=CCC2CN(C)CCC2C1. The van der Waals surface area contributed by atoms with Crippen LogP contribution in [0, 0.1) is 11.8 Å². The lowest BCUT2D eigenvalue weighted by Gasteiger charge is -2.39. The number of nitrogens with zero attached hydrogens (tertiary/aromatic N) is 1. The number of likely N-dealkylation sites (tertiary alicyclic amines) is 1. The van der Waals surface area contributed by atoms with Gasteiger partial charge in [-0.05, 0) is 51.6 Å². The van der Waals surface area contributed by atoms with Crippen LogP contribution in [0.4, 0.5) is 0 Å². The molecule has 2 rings (SSSR count). The van der Waals surface area contributed by atoms with Gasteiger partial charge in [0.1, 0.15) is 0 Å². The molecule has 2 unspecified atom stereocenters. The van der Waals surface area contributed by atoms with Crippen LogP contribution in [0.1, 0.15) is 26.2 Å². The summed E-state index contributed by atoms with van der Waals surface area (Å²) < 4.78 is 0. The Balaban J connectivity index is 2.02. The van der Waals surface area contributed by atoms with Crippen molar-refractivity contribution in [1.82, 2.24) is 4.90 Å². The molecule has 0 amide bonds. The smallest absolute Gasteiger partial charge is 0.00123 e. The summed E-state index contributed by atoms with van der Waals surface area (Å²) in [5.41, 5.74) is 1.63. The molecule has 12 heavy (non-hydrogen) atoms. The average molecular weight is 165 g/mol. The molecule has 1 heterocycles. The Kier molecular flexibility index (Phi) is 2.22. The predicted octanol–water partition coefficient (Wildman–Crippen LogP) is 2.29. The number of piperidine rings is 1. The van der Waals surface area contributed by atoms with Crippen LogP contribution in [0.5, 0.6) is 0 Å². The lowest BCUT2D eigenvalue weighted by Crippen LogP contribution is -2.39. The first-order chi connectivity index (χ1) is 5.75. The van der Waals surface area contributed by atoms with E-state index in [1.165, 1.54) is 32.4 Å². The van der Waals surface area contributed by atoms with Crippen molar-refractivity contribution in [3.8, 4) is 0 Å². The maximum absolute atomic E-state index is 2.48. The molecule has 0 radical (unpaired) electrons. The van der Waals surface area contributed by atoms with Gasteiger partial charge in [0.05, 0.1) is 0 Å². The van der Waals surface area contributed by atoms with Gasteiger partial charge >= 0.3 is 0 Å². The van der Waals surface area contributed by atoms with Gasteiger partial charge in [0.2, 0.25) is 0 Å². The molecule has 0 bridgehead atoms. The Morgan fingerprint density at radius 3 is 3.08 bits per heavy atom. The summed E-state index contributed by atoms with van der Waals surface area (Å²) in [5.74, 6) is 1.97. The van der Waals surface area contributed by atoms with Gasteiger partial charge in [-0.25, -0.2) is 0 Å². The third-order valence-electron chi connectivity index (χ3n) is 3.45. The zero-order chi connectivity index (χ0) is 8.55. The molecule has 0 aromatic carbocycles. The van der Waals surface area contributed by atoms with Crippen LogP contribution in [0.25, 0.3) is 0 Å². The van der Waals surface area contributed by atoms with Gasteiger partial charge in [-0.3, -0.25) is 0 Å². The molecule has 68 valence electrons. The fourth-order valence-corrected chi connectivity index (χ4v) is 2.65. The summed E-state index contributed by atoms with van der Waals surface area (Å²) in [4.78, 5) is 2.48. The van der Waals surface area contributed by atoms with Crippen molar-refractivity contribution >= 4 is 0 Å². The summed E-state index contributed by atoms with van der Waals surface area (Å²) in [6.45, 7) is 4.93. The normalized spacial score (nSPS) is 37.3. The third kappa shape index (κ3) is 1.56. The zero-order valence-corrected chi connectivity index (χ0v) is 8.21. The van der Waals surface area contributed by atoms with E-state index in [9.17, 15) is 0 Å². The lowest BCUT2D eigenvalue weighted by molar-refractivity contribution is 0.137. The molecule has 0 aromatic rings. The second-order valence-corrected chi connectivity index (χ2v) is 4.56. The van der Waals surface area contributed by atoms with Gasteiger partial charge in [-0.15, -0.1) is 0 Å². The summed E-state index contributed by atoms with van der Waals surface area (Å²) in [7, 11) is 2.25. The van der Waals surface area contributed by atoms with Crippen molar-refractivity contribution in [2.75, 3.05) is 20.1 Å². The Morgan fingerprint density at radius 1 is 1.42 bits per heavy atom. The van der Waals surface area contributed by atoms with E-state index in [1.54, 1.807) is 5.57 Å². The largest absolute Gasteiger partial charge is 0.306 e. The zero-order valence-electron chi connectivity index (χ0n) is 8.21. The van der Waals surface area contributed by atoms with Crippen molar-refractivity contribution in [1.29, 1.82) is 0 Å². The minimum absolute atomic E-state index is 0.965. The highest BCUT2D eigenvalue weighted by molar-refractivity contribution is 5.06. The molecule has 1 aliphatic heterocycles. The second kappa shape index (κ2) is 3.21. The van der Waals surface area contributed by atoms with Crippen LogP contribution in [0.15, 0.2) is 11.6 Å². The van der Waals surface area contributed by atoms with Gasteiger partial charge in [0.15, 0.2) is 0 Å². The molecular formula is C11H19N. The predicted molar refractivity (Wildman–Crippen MR) is 52.1 cm³/mol. The first kappa shape index (κ1) is 8.31. The Bertz CT molecular complexity index is 195. The second-order valence-electron chi connectivity index (χ2n) is 4.56. The average Bonchev–Trinajstić information content (AvgIpc) is 2.05. The molecule has 0 aromatic heterocycles. The summed E-state index contributed by atoms with van der Waals surface area (Å²) in [5, 5.41) is 0. The van der Waals surface area contributed by atoms with Crippen molar-refractivity contribution in [3.63, 3.8) is 0 Å². The van der Waals surface area contributed by atoms with E-state index in [2.05, 4.69) is 24.9 Å². The number of rotatable bonds is 0. The van der Waals surface area contributed by atoms with Crippen LogP contribution >= 0.6 is 0 Å². The maximum atomic E-state index is 2.48. The third-order valence-corrected chi connectivity index (χ3v) is 3.45. The molecule has 2 atom stereocenters. The minimum atomic E-state index is 0.965. The molecule has 1 nitrogen and oxygen atoms in total. The fourth-order valence-electron chi connectivity index (χ4n) is 2.65. The number of hydrogen-bond donors (Lipinski definition) is 0. The Hall–Kier alpha value is -0.300. The molecular weight excluding hydrogens is 146 g/mol. The van der Waals surface area contributed by atoms with Gasteiger partial charge in [0.25, 0.3) is 0 Å². The highest BCUT2D eigenvalue weighted by atomic mass is 15.1. The first-order valence-corrected chi connectivity index (χ1v) is 5.10. The van der Waals surface area contributed by atoms with E-state index in [1.807, 2.05) is 0 Å². The van der Waals surface area contributed by atoms with Gasteiger partial charge in [0, 0.05) is 6.54 Å². The van der Waals surface area contributed by atoms with E-state index in [4.69, 9.17) is 0 Å². The topological polar surface area (TPSA) is 3.24 Å². The summed E-state index contributed by atoms with van der Waals surface area (Å²) in [6, 6.07) is 0. The van der Waals surface area contributed by atoms with Crippen molar-refractivity contribution < 1.29 is 0 Å². The van der Waals surface area contributed by atoms with Crippen LogP contribution in [-0.2, 0) is 0 Å². The van der Waals surface area contributed by atoms with Crippen molar-refractivity contribution in [2.45, 2.75) is 26.2 Å². The summed E-state index contributed by atoms with van der Waals surface area (Å²) >= 11 is 0.